The first kappa shape index (κ1) is 19.2. The molecule has 2 aromatic rings. The van der Waals surface area contributed by atoms with E-state index < -0.39 is 0 Å². The number of rotatable bonds is 8. The maximum atomic E-state index is 11.5. The summed E-state index contributed by atoms with van der Waals surface area (Å²) >= 11 is 1.54. The lowest BCUT2D eigenvalue weighted by Crippen LogP contribution is -2.53. The molecule has 4 nitrogen and oxygen atoms in total. The van der Waals surface area contributed by atoms with Gasteiger partial charge in [-0.1, -0.05) is 30.3 Å². The zero-order valence-electron chi connectivity index (χ0n) is 15.4. The quantitative estimate of drug-likeness (QED) is 0.724. The molecule has 0 spiro atoms. The Morgan fingerprint density at radius 3 is 2.73 bits per heavy atom. The van der Waals surface area contributed by atoms with Crippen LogP contribution in [0.2, 0.25) is 0 Å². The number of ketones is 1. The fourth-order valence-electron chi connectivity index (χ4n) is 3.64. The van der Waals surface area contributed by atoms with Gasteiger partial charge in [-0.2, -0.15) is 0 Å². The minimum atomic E-state index is 0.144. The van der Waals surface area contributed by atoms with Gasteiger partial charge in [0.1, 0.15) is 0 Å². The van der Waals surface area contributed by atoms with E-state index in [4.69, 9.17) is 0 Å². The molecule has 0 saturated carbocycles. The minimum absolute atomic E-state index is 0.144. The van der Waals surface area contributed by atoms with Crippen molar-refractivity contribution in [2.24, 2.45) is 0 Å². The van der Waals surface area contributed by atoms with Gasteiger partial charge in [-0.15, -0.1) is 11.3 Å². The Morgan fingerprint density at radius 1 is 1.23 bits per heavy atom. The Balaban J connectivity index is 1.55. The van der Waals surface area contributed by atoms with Gasteiger partial charge in [-0.05, 0) is 42.3 Å². The van der Waals surface area contributed by atoms with Crippen molar-refractivity contribution in [3.63, 3.8) is 0 Å². The van der Waals surface area contributed by atoms with Crippen LogP contribution in [0, 0.1) is 0 Å². The van der Waals surface area contributed by atoms with Gasteiger partial charge in [0.05, 0.1) is 4.88 Å². The van der Waals surface area contributed by atoms with Crippen LogP contribution in [0.3, 0.4) is 0 Å². The Bertz CT molecular complexity index is 701. The number of aliphatic hydroxyl groups excluding tert-OH is 1. The lowest BCUT2D eigenvalue weighted by atomic mass is 10.1. The summed E-state index contributed by atoms with van der Waals surface area (Å²) in [4.78, 5) is 17.3. The summed E-state index contributed by atoms with van der Waals surface area (Å²) < 4.78 is 0. The number of thiophene rings is 1. The molecular weight excluding hydrogens is 344 g/mol. The molecule has 26 heavy (non-hydrogen) atoms. The van der Waals surface area contributed by atoms with Crippen LogP contribution in [-0.4, -0.2) is 59.5 Å². The first-order valence-corrected chi connectivity index (χ1v) is 10.2. The third-order valence-electron chi connectivity index (χ3n) is 5.09. The molecule has 5 heteroatoms. The van der Waals surface area contributed by atoms with Crippen LogP contribution in [0.4, 0.5) is 0 Å². The second-order valence-electron chi connectivity index (χ2n) is 7.05. The topological polar surface area (TPSA) is 43.8 Å². The van der Waals surface area contributed by atoms with E-state index in [1.54, 1.807) is 6.92 Å². The molecule has 1 aliphatic heterocycles. The number of Topliss-reactive ketones (excluding diaryl/α,β-unsaturated/α-hetero) is 1. The first-order valence-electron chi connectivity index (χ1n) is 9.35. The van der Waals surface area contributed by atoms with Crippen molar-refractivity contribution in [2.45, 2.75) is 32.4 Å². The molecular formula is C21H28N2O2S. The summed E-state index contributed by atoms with van der Waals surface area (Å²) in [5, 5.41) is 11.6. The van der Waals surface area contributed by atoms with Crippen LogP contribution in [0.25, 0.3) is 0 Å². The molecule has 1 atom stereocenters. The van der Waals surface area contributed by atoms with E-state index in [0.717, 1.165) is 50.4 Å². The van der Waals surface area contributed by atoms with Crippen LogP contribution in [0.1, 0.15) is 34.1 Å². The summed E-state index contributed by atoms with van der Waals surface area (Å²) in [6, 6.07) is 13.0. The van der Waals surface area contributed by atoms with Gasteiger partial charge < -0.3 is 5.11 Å². The molecule has 3 rings (SSSR count). The number of hydrogen-bond acceptors (Lipinski definition) is 5. The molecule has 1 saturated heterocycles. The van der Waals surface area contributed by atoms with Gasteiger partial charge in [0.2, 0.25) is 0 Å². The van der Waals surface area contributed by atoms with E-state index in [1.807, 2.05) is 6.07 Å². The zero-order valence-corrected chi connectivity index (χ0v) is 16.3. The number of hydrogen-bond donors (Lipinski definition) is 1. The van der Waals surface area contributed by atoms with Gasteiger partial charge in [0.15, 0.2) is 5.78 Å². The van der Waals surface area contributed by atoms with Gasteiger partial charge >= 0.3 is 0 Å². The van der Waals surface area contributed by atoms with Crippen LogP contribution >= 0.6 is 11.3 Å². The van der Waals surface area contributed by atoms with Crippen LogP contribution < -0.4 is 0 Å². The smallest absolute Gasteiger partial charge is 0.169 e. The SMILES string of the molecule is CC(=O)c1cc(CN2CCN(CCc3ccccc3)[C@H](CCO)C2)cs1. The number of piperazine rings is 1. The molecule has 0 radical (unpaired) electrons. The number of aliphatic hydroxyl groups is 1. The van der Waals surface area contributed by atoms with E-state index in [1.165, 1.54) is 22.5 Å². The minimum Gasteiger partial charge on any atom is -0.396 e. The Morgan fingerprint density at radius 2 is 2.04 bits per heavy atom. The summed E-state index contributed by atoms with van der Waals surface area (Å²) in [6.45, 7) is 6.81. The Hall–Kier alpha value is -1.53. The maximum Gasteiger partial charge on any atom is 0.169 e. The third kappa shape index (κ3) is 5.24. The molecule has 0 bridgehead atoms. The number of nitrogens with zero attached hydrogens (tertiary/aromatic N) is 2. The van der Waals surface area contributed by atoms with Crippen LogP contribution in [-0.2, 0) is 13.0 Å². The number of carbonyl (C=O) groups is 1. The molecule has 140 valence electrons. The largest absolute Gasteiger partial charge is 0.396 e. The van der Waals surface area contributed by atoms with Crippen molar-refractivity contribution in [1.29, 1.82) is 0 Å². The fourth-order valence-corrected chi connectivity index (χ4v) is 4.44. The fraction of sp³-hybridized carbons (Fsp3) is 0.476. The Kier molecular flexibility index (Phi) is 6.97. The van der Waals surface area contributed by atoms with Crippen molar-refractivity contribution in [3.8, 4) is 0 Å². The van der Waals surface area contributed by atoms with E-state index in [-0.39, 0.29) is 12.4 Å². The second-order valence-corrected chi connectivity index (χ2v) is 7.96. The highest BCUT2D eigenvalue weighted by atomic mass is 32.1. The zero-order chi connectivity index (χ0) is 18.4. The molecule has 0 aliphatic carbocycles. The predicted octanol–water partition coefficient (Wildman–Crippen LogP) is 3.06. The molecule has 1 fully saturated rings. The monoisotopic (exact) mass is 372 g/mol. The van der Waals surface area contributed by atoms with Gasteiger partial charge in [0.25, 0.3) is 0 Å². The van der Waals surface area contributed by atoms with Crippen molar-refractivity contribution in [2.75, 3.05) is 32.8 Å². The van der Waals surface area contributed by atoms with Gasteiger partial charge in [-0.3, -0.25) is 14.6 Å². The molecule has 1 aromatic heterocycles. The summed E-state index contributed by atoms with van der Waals surface area (Å²) in [6.07, 6.45) is 1.86. The highest BCUT2D eigenvalue weighted by Gasteiger charge is 2.26. The normalized spacial score (nSPS) is 18.9. The molecule has 2 heterocycles. The van der Waals surface area contributed by atoms with E-state index in [0.29, 0.717) is 6.04 Å². The molecule has 0 unspecified atom stereocenters. The third-order valence-corrected chi connectivity index (χ3v) is 6.17. The molecule has 0 amide bonds. The van der Waals surface area contributed by atoms with E-state index in [9.17, 15) is 9.90 Å². The highest BCUT2D eigenvalue weighted by molar-refractivity contribution is 7.12. The molecule has 1 aliphatic rings. The highest BCUT2D eigenvalue weighted by Crippen LogP contribution is 2.20. The summed E-state index contributed by atoms with van der Waals surface area (Å²) in [5.41, 5.74) is 2.59. The lowest BCUT2D eigenvalue weighted by Gasteiger charge is -2.41. The summed E-state index contributed by atoms with van der Waals surface area (Å²) in [5.74, 6) is 0.144. The van der Waals surface area contributed by atoms with Gasteiger partial charge in [-0.25, -0.2) is 0 Å². The van der Waals surface area contributed by atoms with Gasteiger partial charge in [0, 0.05) is 45.4 Å². The van der Waals surface area contributed by atoms with Crippen LogP contribution in [0.5, 0.6) is 0 Å². The molecule has 1 aromatic carbocycles. The maximum absolute atomic E-state index is 11.5. The van der Waals surface area contributed by atoms with Crippen molar-refractivity contribution < 1.29 is 9.90 Å². The Labute approximate surface area is 160 Å². The van der Waals surface area contributed by atoms with Crippen molar-refractivity contribution >= 4 is 17.1 Å². The van der Waals surface area contributed by atoms with Crippen LogP contribution in [0.15, 0.2) is 41.8 Å². The number of carbonyl (C=O) groups excluding carboxylic acids is 1. The summed E-state index contributed by atoms with van der Waals surface area (Å²) in [7, 11) is 0. The first-order chi connectivity index (χ1) is 12.7. The van der Waals surface area contributed by atoms with Crippen molar-refractivity contribution in [1.82, 2.24) is 9.80 Å². The van der Waals surface area contributed by atoms with E-state index >= 15 is 0 Å². The predicted molar refractivity (Wildman–Crippen MR) is 107 cm³/mol. The molecule has 1 N–H and O–H groups in total. The standard InChI is InChI=1S/C21H28N2O2S/c1-17(25)21-13-19(16-26-21)14-22-10-11-23(20(15-22)8-12-24)9-7-18-5-3-2-4-6-18/h2-6,13,16,20,24H,7-12,14-15H2,1H3/t20-/m1/s1. The van der Waals surface area contributed by atoms with Crippen molar-refractivity contribution in [3.05, 3.63) is 57.8 Å². The number of benzene rings is 1. The average molecular weight is 373 g/mol. The lowest BCUT2D eigenvalue weighted by molar-refractivity contribution is 0.0562. The second kappa shape index (κ2) is 9.42. The average Bonchev–Trinajstić information content (AvgIpc) is 3.11. The van der Waals surface area contributed by atoms with E-state index in [2.05, 4.69) is 45.5 Å².